The molecule has 1 unspecified atom stereocenters. The predicted octanol–water partition coefficient (Wildman–Crippen LogP) is 1.37. The topological polar surface area (TPSA) is 71.3 Å². The molecule has 5 nitrogen and oxygen atoms in total. The van der Waals surface area contributed by atoms with Crippen molar-refractivity contribution in [2.45, 2.75) is 19.5 Å². The summed E-state index contributed by atoms with van der Waals surface area (Å²) in [6.07, 6.45) is 1.67. The first kappa shape index (κ1) is 13.1. The monoisotopic (exact) mass is 264 g/mol. The highest BCUT2D eigenvalue weighted by molar-refractivity contribution is 5.83. The molecule has 0 aliphatic rings. The van der Waals surface area contributed by atoms with Gasteiger partial charge in [-0.3, -0.25) is 4.79 Å². The lowest BCUT2D eigenvalue weighted by Gasteiger charge is -2.15. The third-order valence-corrected chi connectivity index (χ3v) is 2.79. The third kappa shape index (κ3) is 2.90. The largest absolute Gasteiger partial charge is 0.480 e. The zero-order chi connectivity index (χ0) is 14.0. The molecule has 0 fully saturated rings. The minimum atomic E-state index is -1.13. The van der Waals surface area contributed by atoms with Crippen molar-refractivity contribution in [2.24, 2.45) is 0 Å². The number of hydrogen-bond donors (Lipinski definition) is 2. The van der Waals surface area contributed by atoms with Gasteiger partial charge in [-0.25, -0.2) is 9.18 Å². The number of nitrogens with one attached hydrogen (secondary N) is 1. The molecule has 2 N–H and O–H groups in total. The number of nitrogens with zero attached hydrogens (tertiary/aromatic N) is 1. The summed E-state index contributed by atoms with van der Waals surface area (Å²) >= 11 is 0. The summed E-state index contributed by atoms with van der Waals surface area (Å²) in [4.78, 5) is 22.0. The summed E-state index contributed by atoms with van der Waals surface area (Å²) in [6, 6.07) is 5.02. The molecule has 1 aromatic carbocycles. The van der Waals surface area contributed by atoms with E-state index >= 15 is 0 Å². The zero-order valence-corrected chi connectivity index (χ0v) is 10.3. The summed E-state index contributed by atoms with van der Waals surface area (Å²) in [7, 11) is 0. The fourth-order valence-corrected chi connectivity index (χ4v) is 1.94. The number of hydrogen-bond acceptors (Lipinski definition) is 2. The highest BCUT2D eigenvalue weighted by atomic mass is 19.1. The number of carboxylic acid groups (broad SMARTS) is 1. The lowest BCUT2D eigenvalue weighted by atomic mass is 10.2. The van der Waals surface area contributed by atoms with Gasteiger partial charge in [-0.2, -0.15) is 0 Å². The van der Waals surface area contributed by atoms with Gasteiger partial charge in [-0.15, -0.1) is 0 Å². The number of carboxylic acids is 1. The summed E-state index contributed by atoms with van der Waals surface area (Å²) in [5, 5.41) is 12.2. The quantitative estimate of drug-likeness (QED) is 0.876. The van der Waals surface area contributed by atoms with Gasteiger partial charge in [0, 0.05) is 13.1 Å². The third-order valence-electron chi connectivity index (χ3n) is 2.79. The van der Waals surface area contributed by atoms with Crippen LogP contribution in [-0.2, 0) is 16.1 Å². The predicted molar refractivity (Wildman–Crippen MR) is 67.1 cm³/mol. The second-order valence-corrected chi connectivity index (χ2v) is 4.26. The number of halogens is 1. The second kappa shape index (κ2) is 5.09. The van der Waals surface area contributed by atoms with E-state index in [0.717, 1.165) is 5.39 Å². The van der Waals surface area contributed by atoms with E-state index in [1.54, 1.807) is 22.9 Å². The van der Waals surface area contributed by atoms with Crippen LogP contribution in [0.2, 0.25) is 0 Å². The lowest BCUT2D eigenvalue weighted by molar-refractivity contribution is -0.141. The number of aliphatic carboxylic acids is 1. The number of aromatic nitrogens is 1. The van der Waals surface area contributed by atoms with Crippen LogP contribution in [0.15, 0.2) is 30.5 Å². The van der Waals surface area contributed by atoms with Gasteiger partial charge >= 0.3 is 5.97 Å². The van der Waals surface area contributed by atoms with Gasteiger partial charge in [-0.1, -0.05) is 0 Å². The Labute approximate surface area is 108 Å². The molecule has 1 amide bonds. The normalized spacial score (nSPS) is 12.3. The summed E-state index contributed by atoms with van der Waals surface area (Å²) in [5.74, 6) is -1.94. The van der Waals surface area contributed by atoms with Gasteiger partial charge in [0.25, 0.3) is 0 Å². The molecule has 0 spiro atoms. The van der Waals surface area contributed by atoms with Crippen molar-refractivity contribution < 1.29 is 19.1 Å². The van der Waals surface area contributed by atoms with Crippen LogP contribution >= 0.6 is 0 Å². The molecular weight excluding hydrogens is 251 g/mol. The number of benzene rings is 1. The SMILES string of the molecule is CC(=O)NC(Cn1ccc2ccc(F)cc21)C(=O)O. The molecular formula is C13H13FN2O3. The van der Waals surface area contributed by atoms with Crippen molar-refractivity contribution in [1.29, 1.82) is 0 Å². The van der Waals surface area contributed by atoms with E-state index in [-0.39, 0.29) is 12.4 Å². The van der Waals surface area contributed by atoms with E-state index in [4.69, 9.17) is 5.11 Å². The van der Waals surface area contributed by atoms with Crippen molar-refractivity contribution in [3.05, 3.63) is 36.3 Å². The van der Waals surface area contributed by atoms with E-state index in [1.807, 2.05) is 0 Å². The lowest BCUT2D eigenvalue weighted by Crippen LogP contribution is -2.42. The maximum Gasteiger partial charge on any atom is 0.328 e. The smallest absolute Gasteiger partial charge is 0.328 e. The molecule has 1 heterocycles. The van der Waals surface area contributed by atoms with E-state index in [0.29, 0.717) is 5.52 Å². The van der Waals surface area contributed by atoms with Crippen molar-refractivity contribution in [3.8, 4) is 0 Å². The molecule has 0 saturated carbocycles. The van der Waals surface area contributed by atoms with Gasteiger partial charge in [0.1, 0.15) is 11.9 Å². The van der Waals surface area contributed by atoms with Crippen molar-refractivity contribution in [3.63, 3.8) is 0 Å². The van der Waals surface area contributed by atoms with Crippen LogP contribution in [0.25, 0.3) is 10.9 Å². The second-order valence-electron chi connectivity index (χ2n) is 4.26. The Morgan fingerprint density at radius 2 is 2.16 bits per heavy atom. The van der Waals surface area contributed by atoms with Gasteiger partial charge in [0.2, 0.25) is 5.91 Å². The molecule has 1 aromatic heterocycles. The Morgan fingerprint density at radius 1 is 1.42 bits per heavy atom. The molecule has 0 aliphatic carbocycles. The van der Waals surface area contributed by atoms with Gasteiger partial charge in [0.05, 0.1) is 12.1 Å². The van der Waals surface area contributed by atoms with Crippen LogP contribution in [0.5, 0.6) is 0 Å². The zero-order valence-electron chi connectivity index (χ0n) is 10.3. The molecule has 19 heavy (non-hydrogen) atoms. The highest BCUT2D eigenvalue weighted by Crippen LogP contribution is 2.17. The number of carbonyl (C=O) groups excluding carboxylic acids is 1. The Hall–Kier alpha value is -2.37. The first-order valence-corrected chi connectivity index (χ1v) is 5.71. The molecule has 0 bridgehead atoms. The average Bonchev–Trinajstić information content (AvgIpc) is 2.70. The Morgan fingerprint density at radius 3 is 2.79 bits per heavy atom. The summed E-state index contributed by atoms with van der Waals surface area (Å²) < 4.78 is 14.8. The van der Waals surface area contributed by atoms with E-state index in [9.17, 15) is 14.0 Å². The maximum absolute atomic E-state index is 13.2. The minimum absolute atomic E-state index is 0.0435. The van der Waals surface area contributed by atoms with Gasteiger partial charge < -0.3 is 15.0 Å². The van der Waals surface area contributed by atoms with Gasteiger partial charge in [-0.05, 0) is 29.7 Å². The van der Waals surface area contributed by atoms with Crippen LogP contribution in [0, 0.1) is 5.82 Å². The van der Waals surface area contributed by atoms with Crippen molar-refractivity contribution in [2.75, 3.05) is 0 Å². The first-order valence-electron chi connectivity index (χ1n) is 5.71. The van der Waals surface area contributed by atoms with Crippen molar-refractivity contribution in [1.82, 2.24) is 9.88 Å². The molecule has 100 valence electrons. The maximum atomic E-state index is 13.2. The Bertz CT molecular complexity index is 636. The number of fused-ring (bicyclic) bond motifs is 1. The minimum Gasteiger partial charge on any atom is -0.480 e. The van der Waals surface area contributed by atoms with E-state index < -0.39 is 17.9 Å². The molecule has 1 atom stereocenters. The fraction of sp³-hybridized carbons (Fsp3) is 0.231. The first-order chi connectivity index (χ1) is 8.97. The van der Waals surface area contributed by atoms with E-state index in [1.165, 1.54) is 19.1 Å². The molecule has 6 heteroatoms. The van der Waals surface area contributed by atoms with Crippen LogP contribution in [0.1, 0.15) is 6.92 Å². The fourth-order valence-electron chi connectivity index (χ4n) is 1.94. The highest BCUT2D eigenvalue weighted by Gasteiger charge is 2.19. The number of amides is 1. The van der Waals surface area contributed by atoms with Crippen LogP contribution in [0.3, 0.4) is 0 Å². The molecule has 2 aromatic rings. The standard InChI is InChI=1S/C13H13FN2O3/c1-8(17)15-11(13(18)19)7-16-5-4-9-2-3-10(14)6-12(9)16/h2-6,11H,7H2,1H3,(H,15,17)(H,18,19). The number of carbonyl (C=O) groups is 2. The summed E-state index contributed by atoms with van der Waals surface area (Å²) in [5.41, 5.74) is 0.594. The average molecular weight is 264 g/mol. The summed E-state index contributed by atoms with van der Waals surface area (Å²) in [6.45, 7) is 1.30. The van der Waals surface area contributed by atoms with Crippen LogP contribution in [-0.4, -0.2) is 27.6 Å². The Kier molecular flexibility index (Phi) is 3.50. The molecule has 0 aliphatic heterocycles. The number of rotatable bonds is 4. The van der Waals surface area contributed by atoms with Crippen molar-refractivity contribution >= 4 is 22.8 Å². The van der Waals surface area contributed by atoms with Crippen LogP contribution < -0.4 is 5.32 Å². The van der Waals surface area contributed by atoms with E-state index in [2.05, 4.69) is 5.32 Å². The molecule has 2 rings (SSSR count). The van der Waals surface area contributed by atoms with Gasteiger partial charge in [0.15, 0.2) is 0 Å². The molecule has 0 radical (unpaired) electrons. The van der Waals surface area contributed by atoms with Crippen LogP contribution in [0.4, 0.5) is 4.39 Å². The Balaban J connectivity index is 2.31. The molecule has 0 saturated heterocycles.